The number of aliphatic hydroxyl groups is 1. The molecular weight excluding hydrogens is 398 g/mol. The number of aromatic nitrogens is 2. The van der Waals surface area contributed by atoms with Gasteiger partial charge in [0.1, 0.15) is 5.69 Å². The average Bonchev–Trinajstić information content (AvgIpc) is 3.31. The van der Waals surface area contributed by atoms with Crippen LogP contribution >= 0.6 is 22.9 Å². The van der Waals surface area contributed by atoms with Crippen molar-refractivity contribution in [2.24, 2.45) is 0 Å². The molecule has 0 saturated carbocycles. The van der Waals surface area contributed by atoms with Crippen molar-refractivity contribution in [3.05, 3.63) is 87.1 Å². The maximum atomic E-state index is 12.9. The molecule has 3 heterocycles. The molecule has 140 valence electrons. The summed E-state index contributed by atoms with van der Waals surface area (Å²) in [5, 5.41) is 13.1. The number of aliphatic hydroxyl groups excluding tert-OH is 1. The number of ketones is 1. The van der Waals surface area contributed by atoms with Crippen LogP contribution in [0.3, 0.4) is 0 Å². The van der Waals surface area contributed by atoms with E-state index in [1.807, 2.05) is 17.5 Å². The molecule has 0 spiro atoms. The van der Waals surface area contributed by atoms with Gasteiger partial charge in [-0.2, -0.15) is 0 Å². The number of carbonyl (C=O) groups excluding carboxylic acids is 2. The zero-order valence-corrected chi connectivity index (χ0v) is 16.0. The highest BCUT2D eigenvalue weighted by atomic mass is 35.5. The number of amides is 1. The van der Waals surface area contributed by atoms with Gasteiger partial charge in [0.2, 0.25) is 0 Å². The summed E-state index contributed by atoms with van der Waals surface area (Å²) in [4.78, 5) is 36.0. The van der Waals surface area contributed by atoms with E-state index in [0.717, 1.165) is 4.88 Å². The van der Waals surface area contributed by atoms with Crippen LogP contribution in [0.15, 0.2) is 65.9 Å². The number of benzene rings is 1. The van der Waals surface area contributed by atoms with Crippen LogP contribution in [0.4, 0.5) is 0 Å². The number of Topliss-reactive ketones (excluding diaryl/α,β-unsaturated/α-hetero) is 1. The van der Waals surface area contributed by atoms with Gasteiger partial charge in [-0.25, -0.2) is 4.98 Å². The van der Waals surface area contributed by atoms with E-state index in [9.17, 15) is 14.7 Å². The number of likely N-dealkylation sites (tertiary alicyclic amines) is 1. The van der Waals surface area contributed by atoms with Crippen LogP contribution in [0.25, 0.3) is 5.76 Å². The topological polar surface area (TPSA) is 83.4 Å². The lowest BCUT2D eigenvalue weighted by Gasteiger charge is -2.25. The van der Waals surface area contributed by atoms with Crippen LogP contribution in [-0.2, 0) is 16.1 Å². The molecule has 1 atom stereocenters. The summed E-state index contributed by atoms with van der Waals surface area (Å²) in [6.07, 6.45) is 4.20. The van der Waals surface area contributed by atoms with Gasteiger partial charge in [-0.15, -0.1) is 11.3 Å². The first-order valence-corrected chi connectivity index (χ1v) is 9.65. The Hall–Kier alpha value is -3.03. The Labute approximate surface area is 169 Å². The second-order valence-corrected chi connectivity index (χ2v) is 7.56. The molecule has 1 aliphatic heterocycles. The van der Waals surface area contributed by atoms with E-state index in [1.54, 1.807) is 24.3 Å². The predicted octanol–water partition coefficient (Wildman–Crippen LogP) is 3.81. The van der Waals surface area contributed by atoms with Crippen molar-refractivity contribution in [3.63, 3.8) is 0 Å². The molecule has 1 amide bonds. The van der Waals surface area contributed by atoms with Gasteiger partial charge in [-0.1, -0.05) is 35.9 Å². The Bertz CT molecular complexity index is 1070. The zero-order valence-electron chi connectivity index (χ0n) is 14.4. The summed E-state index contributed by atoms with van der Waals surface area (Å²) in [7, 11) is 0. The Morgan fingerprint density at radius 2 is 2.00 bits per heavy atom. The standard InChI is InChI=1S/C20H14ClN3O3S/c21-14-6-2-1-5-13(14)17-16(18(25)15-10-22-7-8-23-15)19(26)20(27)24(17)11-12-4-3-9-28-12/h1-10,17,25H,11H2/b18-16+. The Morgan fingerprint density at radius 1 is 1.18 bits per heavy atom. The third kappa shape index (κ3) is 3.19. The van der Waals surface area contributed by atoms with Gasteiger partial charge in [0, 0.05) is 22.3 Å². The summed E-state index contributed by atoms with van der Waals surface area (Å²) in [6.45, 7) is 0.232. The van der Waals surface area contributed by atoms with Gasteiger partial charge in [-0.05, 0) is 23.1 Å². The van der Waals surface area contributed by atoms with Crippen molar-refractivity contribution in [1.29, 1.82) is 0 Å². The van der Waals surface area contributed by atoms with Crippen LogP contribution < -0.4 is 0 Å². The highest BCUT2D eigenvalue weighted by molar-refractivity contribution is 7.09. The fourth-order valence-electron chi connectivity index (χ4n) is 3.19. The predicted molar refractivity (Wildman–Crippen MR) is 106 cm³/mol. The van der Waals surface area contributed by atoms with Crippen molar-refractivity contribution in [1.82, 2.24) is 14.9 Å². The molecule has 0 aliphatic carbocycles. The number of nitrogens with zero attached hydrogens (tertiary/aromatic N) is 3. The number of thiophene rings is 1. The van der Waals surface area contributed by atoms with Gasteiger partial charge < -0.3 is 10.0 Å². The minimum atomic E-state index is -0.821. The highest BCUT2D eigenvalue weighted by Gasteiger charge is 2.47. The summed E-state index contributed by atoms with van der Waals surface area (Å²) in [5.74, 6) is -1.83. The van der Waals surface area contributed by atoms with E-state index in [2.05, 4.69) is 9.97 Å². The average molecular weight is 412 g/mol. The third-order valence-corrected chi connectivity index (χ3v) is 5.66. The van der Waals surface area contributed by atoms with Crippen molar-refractivity contribution in [2.45, 2.75) is 12.6 Å². The SMILES string of the molecule is O=C1C(=O)N(Cc2cccs2)C(c2ccccc2Cl)/C1=C(\O)c1cnccn1. The van der Waals surface area contributed by atoms with Gasteiger partial charge >= 0.3 is 0 Å². The summed E-state index contributed by atoms with van der Waals surface area (Å²) < 4.78 is 0. The minimum Gasteiger partial charge on any atom is -0.505 e. The molecule has 2 aromatic heterocycles. The number of rotatable bonds is 4. The highest BCUT2D eigenvalue weighted by Crippen LogP contribution is 2.42. The molecule has 1 N–H and O–H groups in total. The van der Waals surface area contributed by atoms with Crippen molar-refractivity contribution >= 4 is 40.4 Å². The molecule has 1 unspecified atom stereocenters. The van der Waals surface area contributed by atoms with Gasteiger partial charge in [0.05, 0.1) is 24.4 Å². The largest absolute Gasteiger partial charge is 0.505 e. The van der Waals surface area contributed by atoms with E-state index in [4.69, 9.17) is 11.6 Å². The molecule has 28 heavy (non-hydrogen) atoms. The molecule has 1 fully saturated rings. The van der Waals surface area contributed by atoms with E-state index >= 15 is 0 Å². The van der Waals surface area contributed by atoms with Gasteiger partial charge in [0.15, 0.2) is 5.76 Å². The number of hydrogen-bond acceptors (Lipinski definition) is 6. The fraction of sp³-hybridized carbons (Fsp3) is 0.100. The lowest BCUT2D eigenvalue weighted by molar-refractivity contribution is -0.140. The van der Waals surface area contributed by atoms with Gasteiger partial charge in [-0.3, -0.25) is 14.6 Å². The van der Waals surface area contributed by atoms with E-state index in [1.165, 1.54) is 34.8 Å². The maximum absolute atomic E-state index is 12.9. The number of hydrogen-bond donors (Lipinski definition) is 1. The quantitative estimate of drug-likeness (QED) is 0.401. The first kappa shape index (κ1) is 18.3. The summed E-state index contributed by atoms with van der Waals surface area (Å²) >= 11 is 7.87. The lowest BCUT2D eigenvalue weighted by Crippen LogP contribution is -2.29. The van der Waals surface area contributed by atoms with Crippen molar-refractivity contribution in [3.8, 4) is 0 Å². The van der Waals surface area contributed by atoms with Crippen molar-refractivity contribution < 1.29 is 14.7 Å². The first-order chi connectivity index (χ1) is 13.6. The molecule has 3 aromatic rings. The normalized spacial score (nSPS) is 18.6. The molecule has 4 rings (SSSR count). The monoisotopic (exact) mass is 411 g/mol. The summed E-state index contributed by atoms with van der Waals surface area (Å²) in [5.41, 5.74) is 0.634. The Balaban J connectivity index is 1.90. The Kier molecular flexibility index (Phi) is 4.93. The molecule has 6 nitrogen and oxygen atoms in total. The number of carbonyl (C=O) groups is 2. The Morgan fingerprint density at radius 3 is 2.68 bits per heavy atom. The van der Waals surface area contributed by atoms with Crippen LogP contribution in [-0.4, -0.2) is 31.7 Å². The maximum Gasteiger partial charge on any atom is 0.295 e. The minimum absolute atomic E-state index is 0.0462. The molecule has 0 bridgehead atoms. The van der Waals surface area contributed by atoms with E-state index < -0.39 is 17.7 Å². The zero-order chi connectivity index (χ0) is 19.7. The van der Waals surface area contributed by atoms with Crippen LogP contribution in [0.5, 0.6) is 0 Å². The smallest absolute Gasteiger partial charge is 0.295 e. The second kappa shape index (κ2) is 7.53. The molecule has 8 heteroatoms. The first-order valence-electron chi connectivity index (χ1n) is 8.39. The molecule has 1 aromatic carbocycles. The fourth-order valence-corrected chi connectivity index (χ4v) is 4.13. The van der Waals surface area contributed by atoms with Crippen molar-refractivity contribution in [2.75, 3.05) is 0 Å². The van der Waals surface area contributed by atoms with Crippen LogP contribution in [0, 0.1) is 0 Å². The van der Waals surface area contributed by atoms with Gasteiger partial charge in [0.25, 0.3) is 11.7 Å². The molecule has 1 aliphatic rings. The summed E-state index contributed by atoms with van der Waals surface area (Å²) in [6, 6.07) is 9.90. The third-order valence-electron chi connectivity index (χ3n) is 4.45. The lowest BCUT2D eigenvalue weighted by atomic mass is 9.96. The molecule has 1 saturated heterocycles. The van der Waals surface area contributed by atoms with Crippen LogP contribution in [0.1, 0.15) is 22.2 Å². The van der Waals surface area contributed by atoms with Crippen LogP contribution in [0.2, 0.25) is 5.02 Å². The van der Waals surface area contributed by atoms with E-state index in [0.29, 0.717) is 10.6 Å². The van der Waals surface area contributed by atoms with E-state index in [-0.39, 0.29) is 23.6 Å². The second-order valence-electron chi connectivity index (χ2n) is 6.12. The number of halogens is 1. The molecular formula is C20H14ClN3O3S. The molecule has 0 radical (unpaired) electrons.